The number of piperidine rings is 1. The fourth-order valence-electron chi connectivity index (χ4n) is 3.59. The van der Waals surface area contributed by atoms with Crippen LogP contribution in [0.1, 0.15) is 46.0 Å². The Kier molecular flexibility index (Phi) is 5.08. The van der Waals surface area contributed by atoms with Gasteiger partial charge in [0, 0.05) is 18.5 Å². The highest BCUT2D eigenvalue weighted by atomic mass is 16.1. The zero-order valence-electron chi connectivity index (χ0n) is 13.3. The zero-order valence-corrected chi connectivity index (χ0v) is 13.3. The van der Waals surface area contributed by atoms with Gasteiger partial charge in [0.25, 0.3) is 0 Å². The summed E-state index contributed by atoms with van der Waals surface area (Å²) in [6.45, 7) is 7.58. The standard InChI is InChI=1S/C16H31N3O/c1-12-10-13(17)4-5-14(12)15(20)18-11-16(2)6-8-19(3)9-7-16/h12-14H,4-11,17H2,1-3H3,(H,18,20). The van der Waals surface area contributed by atoms with Crippen molar-refractivity contribution in [1.29, 1.82) is 0 Å². The Bertz CT molecular complexity index is 337. The quantitative estimate of drug-likeness (QED) is 0.826. The SMILES string of the molecule is CC1CC(N)CCC1C(=O)NCC1(C)CCN(C)CC1. The van der Waals surface area contributed by atoms with E-state index in [1.54, 1.807) is 0 Å². The number of hydrogen-bond donors (Lipinski definition) is 2. The summed E-state index contributed by atoms with van der Waals surface area (Å²) in [7, 11) is 2.17. The molecule has 1 amide bonds. The molecule has 0 spiro atoms. The first-order chi connectivity index (χ1) is 9.39. The van der Waals surface area contributed by atoms with Gasteiger partial charge in [0.15, 0.2) is 0 Å². The van der Waals surface area contributed by atoms with E-state index in [-0.39, 0.29) is 17.2 Å². The van der Waals surface area contributed by atoms with Gasteiger partial charge in [-0.3, -0.25) is 4.79 Å². The monoisotopic (exact) mass is 281 g/mol. The average Bonchev–Trinajstić information content (AvgIpc) is 2.40. The number of carbonyl (C=O) groups excluding carboxylic acids is 1. The number of amides is 1. The first kappa shape index (κ1) is 15.8. The Morgan fingerprint density at radius 2 is 2.00 bits per heavy atom. The van der Waals surface area contributed by atoms with E-state index in [0.29, 0.717) is 12.0 Å². The average molecular weight is 281 g/mol. The largest absolute Gasteiger partial charge is 0.355 e. The minimum absolute atomic E-state index is 0.171. The van der Waals surface area contributed by atoms with E-state index in [2.05, 4.69) is 31.1 Å². The van der Waals surface area contributed by atoms with Gasteiger partial charge >= 0.3 is 0 Å². The summed E-state index contributed by atoms with van der Waals surface area (Å²) in [6, 6.07) is 0.292. The number of nitrogens with two attached hydrogens (primary N) is 1. The highest BCUT2D eigenvalue weighted by Gasteiger charge is 2.33. The second kappa shape index (κ2) is 6.44. The zero-order chi connectivity index (χ0) is 14.8. The van der Waals surface area contributed by atoms with E-state index >= 15 is 0 Å². The Morgan fingerprint density at radius 3 is 2.60 bits per heavy atom. The van der Waals surface area contributed by atoms with Gasteiger partial charge in [-0.15, -0.1) is 0 Å². The van der Waals surface area contributed by atoms with Crippen LogP contribution < -0.4 is 11.1 Å². The van der Waals surface area contributed by atoms with E-state index in [1.165, 1.54) is 12.8 Å². The summed E-state index contributed by atoms with van der Waals surface area (Å²) in [5, 5.41) is 3.22. The molecule has 1 aliphatic carbocycles. The summed E-state index contributed by atoms with van der Waals surface area (Å²) in [5.74, 6) is 0.846. The van der Waals surface area contributed by atoms with Crippen LogP contribution in [-0.2, 0) is 4.79 Å². The van der Waals surface area contributed by atoms with Crippen LogP contribution >= 0.6 is 0 Å². The van der Waals surface area contributed by atoms with Gasteiger partial charge < -0.3 is 16.0 Å². The van der Waals surface area contributed by atoms with E-state index in [0.717, 1.165) is 38.9 Å². The maximum Gasteiger partial charge on any atom is 0.223 e. The Labute approximate surface area is 123 Å². The lowest BCUT2D eigenvalue weighted by Crippen LogP contribution is -2.46. The van der Waals surface area contributed by atoms with Gasteiger partial charge in [-0.1, -0.05) is 13.8 Å². The Balaban J connectivity index is 1.80. The van der Waals surface area contributed by atoms with Crippen molar-refractivity contribution in [2.24, 2.45) is 23.0 Å². The van der Waals surface area contributed by atoms with Crippen molar-refractivity contribution in [3.05, 3.63) is 0 Å². The molecule has 1 aliphatic heterocycles. The Hall–Kier alpha value is -0.610. The van der Waals surface area contributed by atoms with Crippen LogP contribution in [-0.4, -0.2) is 43.5 Å². The van der Waals surface area contributed by atoms with Crippen molar-refractivity contribution < 1.29 is 4.79 Å². The first-order valence-corrected chi connectivity index (χ1v) is 8.11. The van der Waals surface area contributed by atoms with Crippen molar-refractivity contribution in [3.63, 3.8) is 0 Å². The molecule has 0 aromatic rings. The number of rotatable bonds is 3. The molecular weight excluding hydrogens is 250 g/mol. The molecule has 3 N–H and O–H groups in total. The number of likely N-dealkylation sites (tertiary alicyclic amines) is 1. The number of carbonyl (C=O) groups is 1. The normalized spacial score (nSPS) is 34.7. The topological polar surface area (TPSA) is 58.4 Å². The lowest BCUT2D eigenvalue weighted by molar-refractivity contribution is -0.128. The van der Waals surface area contributed by atoms with Crippen molar-refractivity contribution in [2.45, 2.75) is 52.0 Å². The predicted molar refractivity (Wildman–Crippen MR) is 82.3 cm³/mol. The van der Waals surface area contributed by atoms with Crippen molar-refractivity contribution in [1.82, 2.24) is 10.2 Å². The molecular formula is C16H31N3O. The lowest BCUT2D eigenvalue weighted by Gasteiger charge is -2.39. The Morgan fingerprint density at radius 1 is 1.35 bits per heavy atom. The fraction of sp³-hybridized carbons (Fsp3) is 0.938. The van der Waals surface area contributed by atoms with Crippen LogP contribution in [0.5, 0.6) is 0 Å². The molecule has 2 fully saturated rings. The van der Waals surface area contributed by atoms with Gasteiger partial charge in [-0.2, -0.15) is 0 Å². The highest BCUT2D eigenvalue weighted by molar-refractivity contribution is 5.79. The van der Waals surface area contributed by atoms with E-state index < -0.39 is 0 Å². The van der Waals surface area contributed by atoms with Crippen LogP contribution in [0.4, 0.5) is 0 Å². The van der Waals surface area contributed by atoms with Crippen LogP contribution in [0.25, 0.3) is 0 Å². The third-order valence-corrected chi connectivity index (χ3v) is 5.43. The molecule has 1 saturated heterocycles. The summed E-state index contributed by atoms with van der Waals surface area (Å²) in [4.78, 5) is 14.8. The van der Waals surface area contributed by atoms with Crippen molar-refractivity contribution in [3.8, 4) is 0 Å². The van der Waals surface area contributed by atoms with Crippen molar-refractivity contribution >= 4 is 5.91 Å². The molecule has 4 heteroatoms. The van der Waals surface area contributed by atoms with Gasteiger partial charge in [0.2, 0.25) is 5.91 Å². The molecule has 20 heavy (non-hydrogen) atoms. The maximum absolute atomic E-state index is 12.4. The summed E-state index contributed by atoms with van der Waals surface area (Å²) in [6.07, 6.45) is 5.28. The smallest absolute Gasteiger partial charge is 0.223 e. The van der Waals surface area contributed by atoms with E-state index in [4.69, 9.17) is 5.73 Å². The maximum atomic E-state index is 12.4. The van der Waals surface area contributed by atoms with Gasteiger partial charge in [0.1, 0.15) is 0 Å². The third kappa shape index (κ3) is 3.95. The van der Waals surface area contributed by atoms with Gasteiger partial charge in [0.05, 0.1) is 0 Å². The molecule has 0 bridgehead atoms. The molecule has 116 valence electrons. The van der Waals surface area contributed by atoms with E-state index in [1.807, 2.05) is 0 Å². The molecule has 2 rings (SSSR count). The lowest BCUT2D eigenvalue weighted by atomic mass is 9.77. The van der Waals surface area contributed by atoms with E-state index in [9.17, 15) is 4.79 Å². The molecule has 3 atom stereocenters. The summed E-state index contributed by atoms with van der Waals surface area (Å²) < 4.78 is 0. The molecule has 4 nitrogen and oxygen atoms in total. The summed E-state index contributed by atoms with van der Waals surface area (Å²) in [5.41, 5.74) is 6.25. The van der Waals surface area contributed by atoms with Gasteiger partial charge in [-0.05, 0) is 63.6 Å². The van der Waals surface area contributed by atoms with Crippen LogP contribution in [0.2, 0.25) is 0 Å². The predicted octanol–water partition coefficient (Wildman–Crippen LogP) is 1.60. The second-order valence-corrected chi connectivity index (χ2v) is 7.49. The molecule has 0 aromatic heterocycles. The molecule has 1 heterocycles. The molecule has 1 saturated carbocycles. The molecule has 2 aliphatic rings. The van der Waals surface area contributed by atoms with Crippen LogP contribution in [0.15, 0.2) is 0 Å². The molecule has 0 aromatic carbocycles. The second-order valence-electron chi connectivity index (χ2n) is 7.49. The first-order valence-electron chi connectivity index (χ1n) is 8.11. The molecule has 3 unspecified atom stereocenters. The van der Waals surface area contributed by atoms with Crippen molar-refractivity contribution in [2.75, 3.05) is 26.7 Å². The number of nitrogens with one attached hydrogen (secondary N) is 1. The minimum atomic E-state index is 0.171. The number of nitrogens with zero attached hydrogens (tertiary/aromatic N) is 1. The molecule has 0 radical (unpaired) electrons. The van der Waals surface area contributed by atoms with Crippen LogP contribution in [0.3, 0.4) is 0 Å². The minimum Gasteiger partial charge on any atom is -0.355 e. The third-order valence-electron chi connectivity index (χ3n) is 5.43. The van der Waals surface area contributed by atoms with Gasteiger partial charge in [-0.25, -0.2) is 0 Å². The number of hydrogen-bond acceptors (Lipinski definition) is 3. The summed E-state index contributed by atoms with van der Waals surface area (Å²) >= 11 is 0. The fourth-order valence-corrected chi connectivity index (χ4v) is 3.59. The highest BCUT2D eigenvalue weighted by Crippen LogP contribution is 2.31. The van der Waals surface area contributed by atoms with Crippen LogP contribution in [0, 0.1) is 17.3 Å².